The Hall–Kier alpha value is -2.50. The molecule has 1 aromatic heterocycles. The molecule has 1 heterocycles. The molecule has 1 aromatic carbocycles. The maximum Gasteiger partial charge on any atom is 0.228 e. The van der Waals surface area contributed by atoms with E-state index in [4.69, 9.17) is 9.47 Å². The third-order valence-electron chi connectivity index (χ3n) is 4.89. The third-order valence-corrected chi connectivity index (χ3v) is 4.89. The Kier molecular flexibility index (Phi) is 4.70. The molecule has 3 rings (SSSR count). The number of nitrogens with one attached hydrogen (secondary N) is 1. The number of amides is 1. The van der Waals surface area contributed by atoms with Gasteiger partial charge in [-0.25, -0.2) is 0 Å². The Balaban J connectivity index is 1.76. The number of methoxy groups -OCH3 is 2. The Bertz CT molecular complexity index is 797. The summed E-state index contributed by atoms with van der Waals surface area (Å²) >= 11 is 0. The molecule has 1 fully saturated rings. The number of hydrogen-bond acceptors (Lipinski definition) is 4. The number of hydrogen-bond donors (Lipinski definition) is 1. The van der Waals surface area contributed by atoms with Crippen molar-refractivity contribution in [2.45, 2.75) is 39.7 Å². The number of rotatable bonds is 6. The standard InChI is InChI=1S/C19H25N3O3/c1-6-22-12(3)18(11(2)21-22)20-19(23)16-10-14(16)15-9-13(24-4)7-8-17(15)25-5/h7-9,14,16H,6,10H2,1-5H3,(H,20,23). The molecule has 1 saturated carbocycles. The Morgan fingerprint density at radius 1 is 1.32 bits per heavy atom. The molecular weight excluding hydrogens is 318 g/mol. The van der Waals surface area contributed by atoms with Crippen LogP contribution in [0, 0.1) is 19.8 Å². The number of aromatic nitrogens is 2. The van der Waals surface area contributed by atoms with Gasteiger partial charge >= 0.3 is 0 Å². The molecule has 1 N–H and O–H groups in total. The van der Waals surface area contributed by atoms with Crippen molar-refractivity contribution in [1.82, 2.24) is 9.78 Å². The van der Waals surface area contributed by atoms with Crippen LogP contribution in [0.3, 0.4) is 0 Å². The zero-order valence-corrected chi connectivity index (χ0v) is 15.4. The van der Waals surface area contributed by atoms with Crippen molar-refractivity contribution in [3.05, 3.63) is 35.2 Å². The highest BCUT2D eigenvalue weighted by Gasteiger charge is 2.45. The van der Waals surface area contributed by atoms with Crippen molar-refractivity contribution in [3.63, 3.8) is 0 Å². The third kappa shape index (κ3) is 3.21. The van der Waals surface area contributed by atoms with E-state index >= 15 is 0 Å². The first-order chi connectivity index (χ1) is 12.0. The SMILES string of the molecule is CCn1nc(C)c(NC(=O)C2CC2c2cc(OC)ccc2OC)c1C. The minimum absolute atomic E-state index is 0.0386. The zero-order valence-electron chi connectivity index (χ0n) is 15.4. The van der Waals surface area contributed by atoms with Crippen LogP contribution in [-0.4, -0.2) is 29.9 Å². The van der Waals surface area contributed by atoms with E-state index in [9.17, 15) is 4.79 Å². The molecule has 25 heavy (non-hydrogen) atoms. The Morgan fingerprint density at radius 3 is 2.68 bits per heavy atom. The van der Waals surface area contributed by atoms with Crippen molar-refractivity contribution in [2.75, 3.05) is 19.5 Å². The van der Waals surface area contributed by atoms with Gasteiger partial charge in [-0.1, -0.05) is 0 Å². The second kappa shape index (κ2) is 6.78. The summed E-state index contributed by atoms with van der Waals surface area (Å²) in [7, 11) is 3.29. The van der Waals surface area contributed by atoms with Crippen LogP contribution in [0.2, 0.25) is 0 Å². The van der Waals surface area contributed by atoms with E-state index in [0.29, 0.717) is 0 Å². The molecule has 0 aliphatic heterocycles. The predicted molar refractivity (Wildman–Crippen MR) is 96.4 cm³/mol. The molecule has 2 atom stereocenters. The van der Waals surface area contributed by atoms with Crippen LogP contribution < -0.4 is 14.8 Å². The maximum atomic E-state index is 12.7. The van der Waals surface area contributed by atoms with Gasteiger partial charge in [0, 0.05) is 23.9 Å². The van der Waals surface area contributed by atoms with Crippen molar-refractivity contribution in [1.29, 1.82) is 0 Å². The van der Waals surface area contributed by atoms with E-state index in [1.54, 1.807) is 14.2 Å². The van der Waals surface area contributed by atoms with Crippen molar-refractivity contribution >= 4 is 11.6 Å². The van der Waals surface area contributed by atoms with Crippen LogP contribution in [0.25, 0.3) is 0 Å². The predicted octanol–water partition coefficient (Wildman–Crippen LogP) is 3.28. The quantitative estimate of drug-likeness (QED) is 0.874. The number of nitrogens with zero attached hydrogens (tertiary/aromatic N) is 2. The van der Waals surface area contributed by atoms with Gasteiger partial charge in [-0.15, -0.1) is 0 Å². The van der Waals surface area contributed by atoms with Crippen molar-refractivity contribution < 1.29 is 14.3 Å². The minimum Gasteiger partial charge on any atom is -0.497 e. The van der Waals surface area contributed by atoms with Crippen molar-refractivity contribution in [3.8, 4) is 11.5 Å². The molecular formula is C19H25N3O3. The molecule has 6 nitrogen and oxygen atoms in total. The molecule has 2 aromatic rings. The highest BCUT2D eigenvalue weighted by Crippen LogP contribution is 2.51. The van der Waals surface area contributed by atoms with Gasteiger partial charge in [0.05, 0.1) is 31.3 Å². The van der Waals surface area contributed by atoms with Crippen LogP contribution >= 0.6 is 0 Å². The molecule has 1 aliphatic carbocycles. The van der Waals surface area contributed by atoms with Crippen LogP contribution in [0.4, 0.5) is 5.69 Å². The van der Waals surface area contributed by atoms with Crippen LogP contribution in [-0.2, 0) is 11.3 Å². The highest BCUT2D eigenvalue weighted by atomic mass is 16.5. The average Bonchev–Trinajstić information content (AvgIpc) is 3.38. The summed E-state index contributed by atoms with van der Waals surface area (Å²) < 4.78 is 12.7. The first-order valence-electron chi connectivity index (χ1n) is 8.56. The van der Waals surface area contributed by atoms with Crippen molar-refractivity contribution in [2.24, 2.45) is 5.92 Å². The normalized spacial score (nSPS) is 18.8. The monoisotopic (exact) mass is 343 g/mol. The van der Waals surface area contributed by atoms with Crippen LogP contribution in [0.5, 0.6) is 11.5 Å². The summed E-state index contributed by atoms with van der Waals surface area (Å²) in [6, 6.07) is 5.72. The van der Waals surface area contributed by atoms with Gasteiger partial charge in [-0.05, 0) is 45.4 Å². The van der Waals surface area contributed by atoms with Crippen LogP contribution in [0.1, 0.15) is 36.2 Å². The van der Waals surface area contributed by atoms with Gasteiger partial charge < -0.3 is 14.8 Å². The molecule has 0 saturated heterocycles. The van der Waals surface area contributed by atoms with Gasteiger partial charge in [-0.3, -0.25) is 9.48 Å². The highest BCUT2D eigenvalue weighted by molar-refractivity contribution is 5.96. The van der Waals surface area contributed by atoms with Gasteiger partial charge in [0.25, 0.3) is 0 Å². The number of anilines is 1. The fourth-order valence-corrected chi connectivity index (χ4v) is 3.36. The topological polar surface area (TPSA) is 65.4 Å². The molecule has 134 valence electrons. The largest absolute Gasteiger partial charge is 0.497 e. The minimum atomic E-state index is -0.0511. The second-order valence-corrected chi connectivity index (χ2v) is 6.41. The first-order valence-corrected chi connectivity index (χ1v) is 8.56. The van der Waals surface area contributed by atoms with E-state index in [0.717, 1.165) is 47.1 Å². The van der Waals surface area contributed by atoms with Gasteiger partial charge in [-0.2, -0.15) is 5.10 Å². The smallest absolute Gasteiger partial charge is 0.228 e. The summed E-state index contributed by atoms with van der Waals surface area (Å²) in [4.78, 5) is 12.7. The van der Waals surface area contributed by atoms with E-state index in [1.165, 1.54) is 0 Å². The molecule has 2 unspecified atom stereocenters. The van der Waals surface area contributed by atoms with E-state index < -0.39 is 0 Å². The Morgan fingerprint density at radius 2 is 2.08 bits per heavy atom. The molecule has 1 aliphatic rings. The summed E-state index contributed by atoms with van der Waals surface area (Å²) in [6.45, 7) is 6.73. The lowest BCUT2D eigenvalue weighted by molar-refractivity contribution is -0.117. The summed E-state index contributed by atoms with van der Waals surface area (Å²) in [5.41, 5.74) is 3.70. The molecule has 6 heteroatoms. The number of benzene rings is 1. The van der Waals surface area contributed by atoms with Crippen LogP contribution in [0.15, 0.2) is 18.2 Å². The summed E-state index contributed by atoms with van der Waals surface area (Å²) in [5.74, 6) is 1.72. The van der Waals surface area contributed by atoms with Gasteiger partial charge in [0.2, 0.25) is 5.91 Å². The average molecular weight is 343 g/mol. The summed E-state index contributed by atoms with van der Waals surface area (Å²) in [6.07, 6.45) is 0.815. The fraction of sp³-hybridized carbons (Fsp3) is 0.474. The molecule has 0 bridgehead atoms. The molecule has 0 radical (unpaired) electrons. The zero-order chi connectivity index (χ0) is 18.1. The summed E-state index contributed by atoms with van der Waals surface area (Å²) in [5, 5.41) is 7.52. The lowest BCUT2D eigenvalue weighted by atomic mass is 10.1. The number of carbonyl (C=O) groups is 1. The van der Waals surface area contributed by atoms with E-state index in [1.807, 2.05) is 43.7 Å². The fourth-order valence-electron chi connectivity index (χ4n) is 3.36. The first kappa shape index (κ1) is 17.3. The van der Waals surface area contributed by atoms with Gasteiger partial charge in [0.15, 0.2) is 0 Å². The van der Waals surface area contributed by atoms with E-state index in [2.05, 4.69) is 10.4 Å². The van der Waals surface area contributed by atoms with Gasteiger partial charge in [0.1, 0.15) is 11.5 Å². The maximum absolute atomic E-state index is 12.7. The molecule has 0 spiro atoms. The lowest BCUT2D eigenvalue weighted by Gasteiger charge is -2.10. The number of ether oxygens (including phenoxy) is 2. The second-order valence-electron chi connectivity index (χ2n) is 6.41. The Labute approximate surface area is 148 Å². The van der Waals surface area contributed by atoms with E-state index in [-0.39, 0.29) is 17.7 Å². The lowest BCUT2D eigenvalue weighted by Crippen LogP contribution is -2.16. The number of carbonyl (C=O) groups excluding carboxylic acids is 1. The molecule has 1 amide bonds. The number of aryl methyl sites for hydroxylation is 2.